The van der Waals surface area contributed by atoms with E-state index in [0.29, 0.717) is 23.0 Å². The Labute approximate surface area is 173 Å². The van der Waals surface area contributed by atoms with Gasteiger partial charge in [0.25, 0.3) is 0 Å². The van der Waals surface area contributed by atoms with Gasteiger partial charge in [0.1, 0.15) is 11.5 Å². The molecule has 1 atom stereocenters. The van der Waals surface area contributed by atoms with Crippen molar-refractivity contribution in [1.29, 1.82) is 0 Å². The van der Waals surface area contributed by atoms with Gasteiger partial charge in [-0.05, 0) is 67.1 Å². The summed E-state index contributed by atoms with van der Waals surface area (Å²) in [5, 5.41) is 0.0835. The molecular weight excluding hydrogens is 392 g/mol. The Morgan fingerprint density at radius 1 is 0.931 bits per heavy atom. The van der Waals surface area contributed by atoms with Gasteiger partial charge in [0.2, 0.25) is 5.28 Å². The van der Waals surface area contributed by atoms with Crippen LogP contribution in [0.5, 0.6) is 11.5 Å². The van der Waals surface area contributed by atoms with Crippen LogP contribution in [0.25, 0.3) is 0 Å². The summed E-state index contributed by atoms with van der Waals surface area (Å²) in [5.74, 6) is 1.88. The number of rotatable bonds is 4. The monoisotopic (exact) mass is 410 g/mol. The normalized spacial score (nSPS) is 15.9. The van der Waals surface area contributed by atoms with Crippen molar-refractivity contribution in [2.24, 2.45) is 0 Å². The maximum Gasteiger partial charge on any atom is 0.335 e. The largest absolute Gasteiger partial charge is 0.497 e. The average molecular weight is 411 g/mol. The Morgan fingerprint density at radius 2 is 1.48 bits per heavy atom. The maximum absolute atomic E-state index is 13.6. The van der Waals surface area contributed by atoms with Crippen LogP contribution in [0.4, 0.5) is 22.0 Å². The summed E-state index contributed by atoms with van der Waals surface area (Å²) in [6.45, 7) is 1.93. The van der Waals surface area contributed by atoms with Crippen LogP contribution in [-0.2, 0) is 0 Å². The molecule has 0 aliphatic carbocycles. The van der Waals surface area contributed by atoms with Crippen molar-refractivity contribution < 1.29 is 14.3 Å². The highest BCUT2D eigenvalue weighted by Gasteiger charge is 2.38. The molecule has 0 N–H and O–H groups in total. The van der Waals surface area contributed by atoms with E-state index in [0.717, 1.165) is 11.3 Å². The van der Waals surface area contributed by atoms with Crippen LogP contribution in [0.1, 0.15) is 18.5 Å². The number of halogens is 1. The van der Waals surface area contributed by atoms with Gasteiger partial charge in [-0.2, -0.15) is 4.98 Å². The minimum atomic E-state index is -0.280. The van der Waals surface area contributed by atoms with Crippen molar-refractivity contribution >= 4 is 34.8 Å². The number of amides is 2. The number of fused-ring (bicyclic) bond motifs is 1. The fraction of sp³-hybridized carbons (Fsp3) is 0.190. The first-order chi connectivity index (χ1) is 14.0. The summed E-state index contributed by atoms with van der Waals surface area (Å²) in [6.07, 6.45) is 1.66. The number of hydrogen-bond acceptors (Lipinski definition) is 5. The molecule has 0 radical (unpaired) electrons. The van der Waals surface area contributed by atoms with Gasteiger partial charge in [-0.25, -0.2) is 14.7 Å². The van der Waals surface area contributed by atoms with Gasteiger partial charge in [-0.3, -0.25) is 4.90 Å². The van der Waals surface area contributed by atoms with Crippen LogP contribution in [0.3, 0.4) is 0 Å². The molecule has 1 aromatic heterocycles. The van der Waals surface area contributed by atoms with Gasteiger partial charge in [0, 0.05) is 17.4 Å². The van der Waals surface area contributed by atoms with Gasteiger partial charge in [0.05, 0.1) is 25.9 Å². The second kappa shape index (κ2) is 7.60. The molecule has 1 aliphatic heterocycles. The Balaban J connectivity index is 1.85. The van der Waals surface area contributed by atoms with E-state index in [-0.39, 0.29) is 17.4 Å². The Bertz CT molecular complexity index is 1040. The summed E-state index contributed by atoms with van der Waals surface area (Å²) in [7, 11) is 3.20. The van der Waals surface area contributed by atoms with Gasteiger partial charge < -0.3 is 9.47 Å². The highest BCUT2D eigenvalue weighted by molar-refractivity contribution is 6.28. The molecule has 148 valence electrons. The quantitative estimate of drug-likeness (QED) is 0.567. The third-order valence-corrected chi connectivity index (χ3v) is 5.08. The highest BCUT2D eigenvalue weighted by atomic mass is 35.5. The van der Waals surface area contributed by atoms with Gasteiger partial charge in [-0.15, -0.1) is 0 Å². The number of urea groups is 1. The van der Waals surface area contributed by atoms with E-state index in [9.17, 15) is 4.79 Å². The first-order valence-corrected chi connectivity index (χ1v) is 9.35. The van der Waals surface area contributed by atoms with E-state index in [1.165, 1.54) is 4.90 Å². The lowest BCUT2D eigenvalue weighted by Crippen LogP contribution is -2.47. The number of nitrogens with zero attached hydrogens (tertiary/aromatic N) is 4. The Hall–Kier alpha value is -3.32. The van der Waals surface area contributed by atoms with Crippen LogP contribution in [0.2, 0.25) is 5.28 Å². The van der Waals surface area contributed by atoms with E-state index in [4.69, 9.17) is 21.1 Å². The van der Waals surface area contributed by atoms with Gasteiger partial charge >= 0.3 is 6.03 Å². The Morgan fingerprint density at radius 3 is 2.03 bits per heavy atom. The zero-order chi connectivity index (χ0) is 20.5. The molecule has 0 fully saturated rings. The van der Waals surface area contributed by atoms with Crippen LogP contribution >= 0.6 is 11.6 Å². The zero-order valence-corrected chi connectivity index (χ0v) is 16.9. The molecule has 2 aromatic carbocycles. The number of benzene rings is 2. The zero-order valence-electron chi connectivity index (χ0n) is 16.2. The van der Waals surface area contributed by atoms with E-state index in [2.05, 4.69) is 9.97 Å². The van der Waals surface area contributed by atoms with Crippen LogP contribution in [0.15, 0.2) is 54.7 Å². The molecule has 0 bridgehead atoms. The third-order valence-electron chi connectivity index (χ3n) is 4.89. The van der Waals surface area contributed by atoms with Gasteiger partial charge in [0.15, 0.2) is 5.82 Å². The van der Waals surface area contributed by atoms with Crippen LogP contribution in [0, 0.1) is 0 Å². The molecule has 8 heteroatoms. The number of aromatic nitrogens is 2. The number of hydrogen-bond donors (Lipinski definition) is 0. The van der Waals surface area contributed by atoms with Crippen LogP contribution < -0.4 is 19.3 Å². The van der Waals surface area contributed by atoms with Gasteiger partial charge in [-0.1, -0.05) is 0 Å². The third kappa shape index (κ3) is 3.34. The second-order valence-corrected chi connectivity index (χ2v) is 6.82. The van der Waals surface area contributed by atoms with Crippen molar-refractivity contribution in [3.8, 4) is 11.5 Å². The summed E-state index contributed by atoms with van der Waals surface area (Å²) in [4.78, 5) is 25.3. The minimum Gasteiger partial charge on any atom is -0.497 e. The summed E-state index contributed by atoms with van der Waals surface area (Å²) in [6, 6.07) is 14.0. The average Bonchev–Trinajstić information content (AvgIpc) is 2.74. The number of carbonyl (C=O) groups is 1. The standard InChI is InChI=1S/C21H19ClN4O3/c1-13-18-12-23-20(22)24-19(18)26(15-6-10-17(29-3)11-7-15)21(27)25(13)14-4-8-16(28-2)9-5-14/h4-13H,1-3H3. The Kier molecular flexibility index (Phi) is 4.98. The highest BCUT2D eigenvalue weighted by Crippen LogP contribution is 2.42. The fourth-order valence-corrected chi connectivity index (χ4v) is 3.51. The van der Waals surface area contributed by atoms with E-state index in [1.807, 2.05) is 31.2 Å². The molecule has 7 nitrogen and oxygen atoms in total. The topological polar surface area (TPSA) is 67.8 Å². The molecule has 1 aliphatic rings. The minimum absolute atomic E-state index is 0.0835. The number of methoxy groups -OCH3 is 2. The molecule has 0 saturated carbocycles. The molecule has 2 heterocycles. The van der Waals surface area contributed by atoms with E-state index >= 15 is 0 Å². The number of carbonyl (C=O) groups excluding carboxylic acids is 1. The number of ether oxygens (including phenoxy) is 2. The van der Waals surface area contributed by atoms with E-state index in [1.54, 1.807) is 49.6 Å². The van der Waals surface area contributed by atoms with Crippen molar-refractivity contribution in [1.82, 2.24) is 9.97 Å². The second-order valence-electron chi connectivity index (χ2n) is 6.48. The molecular formula is C21H19ClN4O3. The van der Waals surface area contributed by atoms with Crippen molar-refractivity contribution in [2.45, 2.75) is 13.0 Å². The molecule has 2 amide bonds. The van der Waals surface area contributed by atoms with Crippen molar-refractivity contribution in [3.63, 3.8) is 0 Å². The maximum atomic E-state index is 13.6. The fourth-order valence-electron chi connectivity index (χ4n) is 3.38. The predicted molar refractivity (Wildman–Crippen MR) is 111 cm³/mol. The predicted octanol–water partition coefficient (Wildman–Crippen LogP) is 4.99. The smallest absolute Gasteiger partial charge is 0.335 e. The first kappa shape index (κ1) is 19.0. The number of anilines is 3. The van der Waals surface area contributed by atoms with E-state index < -0.39 is 0 Å². The lowest BCUT2D eigenvalue weighted by molar-refractivity contribution is 0.250. The summed E-state index contributed by atoms with van der Waals surface area (Å²) < 4.78 is 10.5. The molecule has 4 rings (SSSR count). The molecule has 1 unspecified atom stereocenters. The van der Waals surface area contributed by atoms with Crippen molar-refractivity contribution in [3.05, 3.63) is 65.6 Å². The van der Waals surface area contributed by atoms with Crippen LogP contribution in [-0.4, -0.2) is 30.2 Å². The molecule has 0 spiro atoms. The summed E-state index contributed by atoms with van der Waals surface area (Å²) in [5.41, 5.74) is 2.18. The lowest BCUT2D eigenvalue weighted by atomic mass is 10.0. The lowest BCUT2D eigenvalue weighted by Gasteiger charge is -2.40. The SMILES string of the molecule is COc1ccc(N2C(=O)N(c3ccc(OC)cc3)C(C)c3cnc(Cl)nc32)cc1. The molecule has 3 aromatic rings. The van der Waals surface area contributed by atoms with Crippen molar-refractivity contribution in [2.75, 3.05) is 24.0 Å². The molecule has 0 saturated heterocycles. The first-order valence-electron chi connectivity index (χ1n) is 8.97. The summed E-state index contributed by atoms with van der Waals surface area (Å²) >= 11 is 6.05. The molecule has 29 heavy (non-hydrogen) atoms.